The molecule has 0 unspecified atom stereocenters. The van der Waals surface area contributed by atoms with Crippen LogP contribution >= 0.6 is 11.3 Å². The quantitative estimate of drug-likeness (QED) is 0.645. The number of carbonyl (C=O) groups is 1. The van der Waals surface area contributed by atoms with Gasteiger partial charge in [-0.05, 0) is 38.6 Å². The Hall–Kier alpha value is -0.920. The lowest BCUT2D eigenvalue weighted by Gasteiger charge is -2.19. The van der Waals surface area contributed by atoms with E-state index < -0.39 is 15.6 Å². The van der Waals surface area contributed by atoms with Crippen molar-refractivity contribution in [2.45, 2.75) is 43.4 Å². The van der Waals surface area contributed by atoms with E-state index in [1.54, 1.807) is 38.3 Å². The van der Waals surface area contributed by atoms with E-state index in [0.29, 0.717) is 6.42 Å². The zero-order valence-electron chi connectivity index (χ0n) is 11.3. The minimum Gasteiger partial charge on any atom is -0.460 e. The first-order valence-corrected chi connectivity index (χ1v) is 8.32. The fourth-order valence-corrected chi connectivity index (χ4v) is 3.43. The molecule has 1 aromatic rings. The summed E-state index contributed by atoms with van der Waals surface area (Å²) in [7, 11) is -3.43. The molecule has 0 radical (unpaired) electrons. The van der Waals surface area contributed by atoms with Gasteiger partial charge in [0.25, 0.3) is 0 Å². The first-order chi connectivity index (χ1) is 8.71. The molecule has 5 nitrogen and oxygen atoms in total. The Labute approximate surface area is 118 Å². The van der Waals surface area contributed by atoms with Gasteiger partial charge in [0, 0.05) is 13.0 Å². The molecule has 0 spiro atoms. The molecular formula is C12H19NO4S2. The third kappa shape index (κ3) is 6.17. The van der Waals surface area contributed by atoms with Crippen molar-refractivity contribution in [3.63, 3.8) is 0 Å². The van der Waals surface area contributed by atoms with Crippen molar-refractivity contribution in [2.75, 3.05) is 6.54 Å². The molecule has 108 valence electrons. The van der Waals surface area contributed by atoms with Crippen molar-refractivity contribution in [3.8, 4) is 0 Å². The Morgan fingerprint density at radius 3 is 2.63 bits per heavy atom. The molecule has 0 saturated heterocycles. The van der Waals surface area contributed by atoms with Crippen LogP contribution in [0.2, 0.25) is 0 Å². The highest BCUT2D eigenvalue weighted by Crippen LogP contribution is 2.15. The van der Waals surface area contributed by atoms with Crippen molar-refractivity contribution >= 4 is 27.3 Å². The summed E-state index contributed by atoms with van der Waals surface area (Å²) in [5.41, 5.74) is -0.506. The molecule has 0 saturated carbocycles. The van der Waals surface area contributed by atoms with Crippen molar-refractivity contribution in [3.05, 3.63) is 17.5 Å². The molecule has 0 amide bonds. The smallest absolute Gasteiger partial charge is 0.306 e. The van der Waals surface area contributed by atoms with Crippen LogP contribution in [0, 0.1) is 0 Å². The highest BCUT2D eigenvalue weighted by atomic mass is 32.2. The molecule has 0 aliphatic carbocycles. The van der Waals surface area contributed by atoms with Gasteiger partial charge in [-0.2, -0.15) is 0 Å². The van der Waals surface area contributed by atoms with Crippen molar-refractivity contribution < 1.29 is 17.9 Å². The average molecular weight is 305 g/mol. The molecule has 1 aromatic heterocycles. The number of rotatable bonds is 6. The number of nitrogens with one attached hydrogen (secondary N) is 1. The largest absolute Gasteiger partial charge is 0.460 e. The summed E-state index contributed by atoms with van der Waals surface area (Å²) < 4.78 is 31.4. The molecule has 0 aliphatic rings. The molecule has 1 N–H and O–H groups in total. The zero-order chi connectivity index (χ0) is 14.5. The third-order valence-electron chi connectivity index (χ3n) is 2.03. The zero-order valence-corrected chi connectivity index (χ0v) is 12.9. The van der Waals surface area contributed by atoms with Crippen LogP contribution in [0.25, 0.3) is 0 Å². The molecule has 0 aromatic carbocycles. The standard InChI is InChI=1S/C12H19NO4S2/c1-12(2,3)17-10(14)6-4-8-13-19(15,16)11-7-5-9-18-11/h5,7,9,13H,4,6,8H2,1-3H3. The van der Waals surface area contributed by atoms with Crippen molar-refractivity contribution in [1.82, 2.24) is 4.72 Å². The van der Waals surface area contributed by atoms with Gasteiger partial charge >= 0.3 is 5.97 Å². The predicted octanol–water partition coefficient (Wildman–Crippen LogP) is 2.15. The van der Waals surface area contributed by atoms with Gasteiger partial charge in [-0.25, -0.2) is 13.1 Å². The fraction of sp³-hybridized carbons (Fsp3) is 0.583. The van der Waals surface area contributed by atoms with E-state index in [0.717, 1.165) is 11.3 Å². The first-order valence-electron chi connectivity index (χ1n) is 5.96. The maximum Gasteiger partial charge on any atom is 0.306 e. The Bertz CT molecular complexity index is 500. The van der Waals surface area contributed by atoms with E-state index in [4.69, 9.17) is 4.74 Å². The number of hydrogen-bond donors (Lipinski definition) is 1. The second-order valence-electron chi connectivity index (χ2n) is 5.02. The Kier molecular flexibility index (Phi) is 5.51. The van der Waals surface area contributed by atoms with Gasteiger partial charge in [0.15, 0.2) is 0 Å². The summed E-state index contributed by atoms with van der Waals surface area (Å²) in [4.78, 5) is 11.4. The minimum atomic E-state index is -3.43. The van der Waals surface area contributed by atoms with E-state index in [2.05, 4.69) is 4.72 Å². The number of hydrogen-bond acceptors (Lipinski definition) is 5. The van der Waals surface area contributed by atoms with E-state index in [9.17, 15) is 13.2 Å². The van der Waals surface area contributed by atoms with Gasteiger partial charge in [0.1, 0.15) is 9.81 Å². The Balaban J connectivity index is 2.30. The molecule has 1 heterocycles. The Morgan fingerprint density at radius 1 is 1.42 bits per heavy atom. The van der Waals surface area contributed by atoms with Gasteiger partial charge in [-0.15, -0.1) is 11.3 Å². The van der Waals surface area contributed by atoms with Crippen molar-refractivity contribution in [2.24, 2.45) is 0 Å². The maximum atomic E-state index is 11.7. The van der Waals surface area contributed by atoms with Crippen LogP contribution in [0.3, 0.4) is 0 Å². The summed E-state index contributed by atoms with van der Waals surface area (Å²) in [6.07, 6.45) is 0.615. The second-order valence-corrected chi connectivity index (χ2v) is 7.96. The van der Waals surface area contributed by atoms with Crippen LogP contribution in [0.1, 0.15) is 33.6 Å². The minimum absolute atomic E-state index is 0.199. The molecular weight excluding hydrogens is 286 g/mol. The second kappa shape index (κ2) is 6.49. The van der Waals surface area contributed by atoms with Gasteiger partial charge in [0.05, 0.1) is 0 Å². The molecule has 0 bridgehead atoms. The van der Waals surface area contributed by atoms with Crippen LogP contribution in [0.15, 0.2) is 21.7 Å². The maximum absolute atomic E-state index is 11.7. The van der Waals surface area contributed by atoms with Crippen molar-refractivity contribution in [1.29, 1.82) is 0 Å². The van der Waals surface area contributed by atoms with Gasteiger partial charge < -0.3 is 4.74 Å². The monoisotopic (exact) mass is 305 g/mol. The highest BCUT2D eigenvalue weighted by molar-refractivity contribution is 7.91. The molecule has 0 aliphatic heterocycles. The summed E-state index contributed by atoms with van der Waals surface area (Å²) in [5, 5.41) is 1.70. The third-order valence-corrected chi connectivity index (χ3v) is 4.89. The SMILES string of the molecule is CC(C)(C)OC(=O)CCCNS(=O)(=O)c1cccs1. The summed E-state index contributed by atoms with van der Waals surface area (Å²) in [6.45, 7) is 5.61. The number of sulfonamides is 1. The molecule has 19 heavy (non-hydrogen) atoms. The first kappa shape index (κ1) is 16.1. The molecule has 1 rings (SSSR count). The van der Waals surface area contributed by atoms with Gasteiger partial charge in [-0.1, -0.05) is 6.07 Å². The van der Waals surface area contributed by atoms with Gasteiger partial charge in [-0.3, -0.25) is 4.79 Å². The normalized spacial score (nSPS) is 12.4. The lowest BCUT2D eigenvalue weighted by molar-refractivity contribution is -0.154. The fourth-order valence-electron chi connectivity index (χ4n) is 1.32. The highest BCUT2D eigenvalue weighted by Gasteiger charge is 2.17. The van der Waals surface area contributed by atoms with E-state index in [-0.39, 0.29) is 23.1 Å². The number of carbonyl (C=O) groups excluding carboxylic acids is 1. The predicted molar refractivity (Wildman–Crippen MR) is 74.6 cm³/mol. The summed E-state index contributed by atoms with van der Waals surface area (Å²) >= 11 is 1.16. The van der Waals surface area contributed by atoms with Gasteiger partial charge in [0.2, 0.25) is 10.0 Å². The van der Waals surface area contributed by atoms with Crippen LogP contribution < -0.4 is 4.72 Å². The molecule has 0 fully saturated rings. The Morgan fingerprint density at radius 2 is 2.11 bits per heavy atom. The van der Waals surface area contributed by atoms with Crippen LogP contribution in [0.4, 0.5) is 0 Å². The number of ether oxygens (including phenoxy) is 1. The average Bonchev–Trinajstić information content (AvgIpc) is 2.75. The van der Waals surface area contributed by atoms with Crippen LogP contribution in [-0.2, 0) is 19.6 Å². The number of thiophene rings is 1. The summed E-state index contributed by atoms with van der Waals surface area (Å²) in [6, 6.07) is 3.22. The van der Waals surface area contributed by atoms with E-state index in [1.165, 1.54) is 0 Å². The van der Waals surface area contributed by atoms with Crippen LogP contribution in [-0.4, -0.2) is 26.5 Å². The summed E-state index contributed by atoms with van der Waals surface area (Å²) in [5.74, 6) is -0.317. The van der Waals surface area contributed by atoms with E-state index in [1.807, 2.05) is 0 Å². The lowest BCUT2D eigenvalue weighted by atomic mass is 10.2. The van der Waals surface area contributed by atoms with Crippen LogP contribution in [0.5, 0.6) is 0 Å². The number of esters is 1. The molecule has 7 heteroatoms. The van der Waals surface area contributed by atoms with E-state index >= 15 is 0 Å². The molecule has 0 atom stereocenters. The topological polar surface area (TPSA) is 72.5 Å². The lowest BCUT2D eigenvalue weighted by Crippen LogP contribution is -2.26.